The lowest BCUT2D eigenvalue weighted by Crippen LogP contribution is -2.61. The lowest BCUT2D eigenvalue weighted by atomic mass is 9.96. The number of hydrogen-bond acceptors (Lipinski definition) is 13. The van der Waals surface area contributed by atoms with Gasteiger partial charge >= 0.3 is 5.97 Å². The van der Waals surface area contributed by atoms with E-state index in [2.05, 4.69) is 59.8 Å². The molecule has 0 heterocycles. The van der Waals surface area contributed by atoms with E-state index in [0.29, 0.717) is 38.6 Å². The molecular weight excluding hydrogens is 915 g/mol. The van der Waals surface area contributed by atoms with Gasteiger partial charge < -0.3 is 76.7 Å². The minimum Gasteiger partial charge on any atom is -0.480 e. The van der Waals surface area contributed by atoms with E-state index >= 15 is 0 Å². The van der Waals surface area contributed by atoms with Gasteiger partial charge in [-0.25, -0.2) is 4.79 Å². The summed E-state index contributed by atoms with van der Waals surface area (Å²) in [5.41, 5.74) is 33.8. The summed E-state index contributed by atoms with van der Waals surface area (Å²) in [5.74, 6) is -7.55. The van der Waals surface area contributed by atoms with Gasteiger partial charge in [0.25, 0.3) is 0 Å². The van der Waals surface area contributed by atoms with Gasteiger partial charge in [-0.3, -0.25) is 43.5 Å². The molecule has 0 spiro atoms. The molecule has 396 valence electrons. The van der Waals surface area contributed by atoms with E-state index in [0.717, 1.165) is 0 Å². The zero-order chi connectivity index (χ0) is 52.8. The fraction of sp³-hybridized carbons (Fsp3) is 0.773. The summed E-state index contributed by atoms with van der Waals surface area (Å²) in [6.07, 6.45) is 3.48. The van der Waals surface area contributed by atoms with Gasteiger partial charge in [0.1, 0.15) is 42.3 Å². The van der Waals surface area contributed by atoms with Crippen molar-refractivity contribution in [1.29, 1.82) is 0 Å². The molecule has 69 heavy (non-hydrogen) atoms. The van der Waals surface area contributed by atoms with E-state index in [1.165, 1.54) is 0 Å². The first-order chi connectivity index (χ1) is 32.4. The van der Waals surface area contributed by atoms with Crippen molar-refractivity contribution in [1.82, 2.24) is 37.2 Å². The Hall–Kier alpha value is -5.43. The third kappa shape index (κ3) is 26.2. The number of thiol groups is 1. The van der Waals surface area contributed by atoms with Crippen LogP contribution in [-0.4, -0.2) is 138 Å². The van der Waals surface area contributed by atoms with Crippen LogP contribution in [0.1, 0.15) is 126 Å². The highest BCUT2D eigenvalue weighted by atomic mass is 32.1. The highest BCUT2D eigenvalue weighted by molar-refractivity contribution is 7.80. The van der Waals surface area contributed by atoms with Crippen LogP contribution in [0.25, 0.3) is 0 Å². The number of nitrogens with two attached hydrogens (primary N) is 6. The Bertz CT molecular complexity index is 1700. The minimum atomic E-state index is -1.30. The van der Waals surface area contributed by atoms with Crippen molar-refractivity contribution >= 4 is 71.9 Å². The maximum Gasteiger partial charge on any atom is 0.327 e. The number of guanidine groups is 2. The highest BCUT2D eigenvalue weighted by Crippen LogP contribution is 2.14. The van der Waals surface area contributed by atoms with Gasteiger partial charge in [0, 0.05) is 18.8 Å². The smallest absolute Gasteiger partial charge is 0.327 e. The fourth-order valence-electron chi connectivity index (χ4n) is 6.75. The number of carboxylic acids is 1. The van der Waals surface area contributed by atoms with Gasteiger partial charge in [-0.15, -0.1) is 0 Å². The maximum absolute atomic E-state index is 14.3. The zero-order valence-corrected chi connectivity index (χ0v) is 42.6. The summed E-state index contributed by atoms with van der Waals surface area (Å²) in [4.78, 5) is 116. The number of carboxylic acid groups (broad SMARTS) is 1. The van der Waals surface area contributed by atoms with Gasteiger partial charge in [0.15, 0.2) is 11.9 Å². The maximum atomic E-state index is 14.3. The molecule has 0 rings (SSSR count). The van der Waals surface area contributed by atoms with E-state index in [4.69, 9.17) is 34.4 Å². The molecule has 0 bridgehead atoms. The number of hydrogen-bond donors (Lipinski definition) is 15. The molecule has 0 radical (unpaired) electrons. The lowest BCUT2D eigenvalue weighted by Gasteiger charge is -2.30. The topological polar surface area (TPSA) is 422 Å². The predicted molar refractivity (Wildman–Crippen MR) is 269 cm³/mol. The molecule has 0 aromatic rings. The molecule has 7 amide bonds. The average molecular weight is 1000 g/mol. The first-order valence-corrected chi connectivity index (χ1v) is 24.6. The number of rotatable bonds is 36. The number of aliphatic imine (C=N–C) groups is 2. The van der Waals surface area contributed by atoms with Crippen molar-refractivity contribution in [3.63, 3.8) is 0 Å². The molecule has 0 aliphatic rings. The molecule has 0 unspecified atom stereocenters. The minimum absolute atomic E-state index is 0.00369. The quantitative estimate of drug-likeness (QED) is 0.0138. The molecule has 24 nitrogen and oxygen atoms in total. The molecule has 0 aromatic heterocycles. The third-order valence-electron chi connectivity index (χ3n) is 11.2. The third-order valence-corrected chi connectivity index (χ3v) is 11.5. The second kappa shape index (κ2) is 34.8. The van der Waals surface area contributed by atoms with Crippen molar-refractivity contribution < 1.29 is 43.5 Å². The Morgan fingerprint density at radius 1 is 0.536 bits per heavy atom. The van der Waals surface area contributed by atoms with Crippen molar-refractivity contribution in [3.8, 4) is 0 Å². The van der Waals surface area contributed by atoms with Crippen LogP contribution in [0.3, 0.4) is 0 Å². The first kappa shape index (κ1) is 63.6. The molecule has 0 saturated carbocycles. The van der Waals surface area contributed by atoms with Crippen molar-refractivity contribution in [2.24, 2.45) is 62.1 Å². The summed E-state index contributed by atoms with van der Waals surface area (Å²) in [5, 5.41) is 28.3. The van der Waals surface area contributed by atoms with Crippen LogP contribution in [0.4, 0.5) is 0 Å². The summed E-state index contributed by atoms with van der Waals surface area (Å²) < 4.78 is 0. The Morgan fingerprint density at radius 2 is 0.928 bits per heavy atom. The summed E-state index contributed by atoms with van der Waals surface area (Å²) in [6.45, 7) is 13.1. The van der Waals surface area contributed by atoms with Crippen LogP contribution in [0, 0.1) is 17.8 Å². The Balaban J connectivity index is 6.79. The van der Waals surface area contributed by atoms with Crippen LogP contribution < -0.4 is 71.6 Å². The average Bonchev–Trinajstić information content (AvgIpc) is 3.28. The molecule has 25 heteroatoms. The highest BCUT2D eigenvalue weighted by Gasteiger charge is 2.36. The summed E-state index contributed by atoms with van der Waals surface area (Å²) in [6, 6.07) is -9.39. The molecule has 20 N–H and O–H groups in total. The molecule has 0 aliphatic heterocycles. The number of carbonyl (C=O) groups is 8. The van der Waals surface area contributed by atoms with E-state index in [1.54, 1.807) is 27.7 Å². The van der Waals surface area contributed by atoms with Crippen molar-refractivity contribution in [3.05, 3.63) is 0 Å². The molecule has 9 atom stereocenters. The lowest BCUT2D eigenvalue weighted by molar-refractivity contribution is -0.141. The van der Waals surface area contributed by atoms with Gasteiger partial charge in [-0.05, 0) is 82.1 Å². The fourth-order valence-corrected chi connectivity index (χ4v) is 7.00. The van der Waals surface area contributed by atoms with E-state index in [9.17, 15) is 43.5 Å². The first-order valence-electron chi connectivity index (χ1n) is 24.0. The van der Waals surface area contributed by atoms with Crippen LogP contribution >= 0.6 is 12.6 Å². The normalized spacial score (nSPS) is 15.1. The number of amides is 7. The largest absolute Gasteiger partial charge is 0.480 e. The zero-order valence-electron chi connectivity index (χ0n) is 41.7. The summed E-state index contributed by atoms with van der Waals surface area (Å²) >= 11 is 4.01. The molecule has 0 saturated heterocycles. The number of unbranched alkanes of at least 4 members (excludes halogenated alkanes) is 2. The van der Waals surface area contributed by atoms with E-state index in [-0.39, 0.29) is 87.5 Å². The van der Waals surface area contributed by atoms with Gasteiger partial charge in [0.05, 0.1) is 6.04 Å². The van der Waals surface area contributed by atoms with Crippen LogP contribution in [0.5, 0.6) is 0 Å². The Labute approximate surface area is 412 Å². The number of nitrogens with one attached hydrogen (secondary N) is 7. The molecule has 0 aliphatic carbocycles. The summed E-state index contributed by atoms with van der Waals surface area (Å²) in [7, 11) is 0. The second-order valence-electron chi connectivity index (χ2n) is 18.0. The van der Waals surface area contributed by atoms with Crippen LogP contribution in [0.2, 0.25) is 0 Å². The van der Waals surface area contributed by atoms with E-state index in [1.807, 2.05) is 20.8 Å². The SMILES string of the molecule is CCCC[C@H](NC(=O)[C@H](CCCCN)NC(=O)[C@@H](NC(=O)[C@H](CCCN=C(N)N)NC(=O)[C@H](CCCN=C(N)N)NC(=O)[C@@H](N)C(C)C)[C@@H](C)CC)C(=O)N[C@@H](CC(C)C)C(=O)N[C@@H](CS)C(=O)O. The molecular formula is C44H85N15O9S. The van der Waals surface area contributed by atoms with Crippen molar-refractivity contribution in [2.75, 3.05) is 25.4 Å². The number of aliphatic carboxylic acids is 1. The Morgan fingerprint density at radius 3 is 1.32 bits per heavy atom. The van der Waals surface area contributed by atoms with Gasteiger partial charge in [0.2, 0.25) is 41.4 Å². The van der Waals surface area contributed by atoms with Gasteiger partial charge in [-0.2, -0.15) is 12.6 Å². The Kier molecular flexibility index (Phi) is 32.1. The van der Waals surface area contributed by atoms with Crippen LogP contribution in [-0.2, 0) is 38.4 Å². The molecule has 0 fully saturated rings. The van der Waals surface area contributed by atoms with Gasteiger partial charge in [-0.1, -0.05) is 67.7 Å². The standard InChI is InChI=1S/C44H85N15O9S/c1-8-10-15-27(37(62)57-31(22-24(3)4)39(64)58-32(23-69)42(67)68)53-35(60)28(16-11-12-19-45)56-41(66)34(26(7)9-2)59-38(63)30(18-14-21-52-44(49)50)54-36(61)29(17-13-20-51-43(47)48)55-40(65)33(46)25(5)6/h24-34,69H,8-23,45-46H2,1-7H3,(H,53,60)(H,54,61)(H,55,65)(H,56,66)(H,57,62)(H,58,64)(H,59,63)(H,67,68)(H4,47,48,51)(H4,49,50,52)/t26-,27-,28-,29-,30-,31-,32-,33-,34-/m0/s1. The number of nitrogens with zero attached hydrogens (tertiary/aromatic N) is 2. The molecule has 0 aromatic carbocycles. The van der Waals surface area contributed by atoms with Crippen LogP contribution in [0.15, 0.2) is 9.98 Å². The number of carbonyl (C=O) groups excluding carboxylic acids is 7. The van der Waals surface area contributed by atoms with Crippen molar-refractivity contribution in [2.45, 2.75) is 174 Å². The van der Waals surface area contributed by atoms with E-state index < -0.39 is 102 Å². The predicted octanol–water partition coefficient (Wildman–Crippen LogP) is -2.10. The monoisotopic (exact) mass is 1000 g/mol. The second-order valence-corrected chi connectivity index (χ2v) is 18.3.